The second-order valence-corrected chi connectivity index (χ2v) is 5.47. The minimum atomic E-state index is 0.160. The predicted molar refractivity (Wildman–Crippen MR) is 75.7 cm³/mol. The molecule has 18 heavy (non-hydrogen) atoms. The first kappa shape index (κ1) is 15.3. The van der Waals surface area contributed by atoms with Crippen LogP contribution in [0.25, 0.3) is 0 Å². The van der Waals surface area contributed by atoms with Crippen molar-refractivity contribution in [1.29, 1.82) is 0 Å². The summed E-state index contributed by atoms with van der Waals surface area (Å²) >= 11 is 0. The van der Waals surface area contributed by atoms with Gasteiger partial charge in [0.05, 0.1) is 6.26 Å². The summed E-state index contributed by atoms with van der Waals surface area (Å²) < 4.78 is 0. The molecule has 0 radical (unpaired) electrons. The van der Waals surface area contributed by atoms with Gasteiger partial charge in [-0.25, -0.2) is 0 Å². The second-order valence-electron chi connectivity index (χ2n) is 5.47. The number of carbonyl (C=O) groups excluding carboxylic acids is 1. The fourth-order valence-electron chi connectivity index (χ4n) is 2.63. The minimum absolute atomic E-state index is 0.160. The van der Waals surface area contributed by atoms with Crippen molar-refractivity contribution in [2.24, 2.45) is 0 Å². The first-order chi connectivity index (χ1) is 8.84. The molecule has 1 saturated carbocycles. The van der Waals surface area contributed by atoms with E-state index in [0.29, 0.717) is 12.0 Å². The molecule has 2 nitrogen and oxygen atoms in total. The van der Waals surface area contributed by atoms with Gasteiger partial charge in [-0.05, 0) is 19.3 Å². The van der Waals surface area contributed by atoms with Crippen LogP contribution < -0.4 is 0 Å². The third-order valence-corrected chi connectivity index (χ3v) is 3.86. The van der Waals surface area contributed by atoms with E-state index in [9.17, 15) is 4.79 Å². The third-order valence-electron chi connectivity index (χ3n) is 3.86. The summed E-state index contributed by atoms with van der Waals surface area (Å²) in [7, 11) is 0. The molecule has 0 amide bonds. The number of ketones is 1. The molecule has 1 aliphatic carbocycles. The Morgan fingerprint density at radius 2 is 1.06 bits per heavy atom. The normalized spacial score (nSPS) is 24.4. The van der Waals surface area contributed by atoms with Gasteiger partial charge < -0.3 is 5.11 Å². The van der Waals surface area contributed by atoms with Gasteiger partial charge in [0.25, 0.3) is 0 Å². The smallest absolute Gasteiger partial charge is 0.161 e. The van der Waals surface area contributed by atoms with Gasteiger partial charge in [0.15, 0.2) is 5.78 Å². The Morgan fingerprint density at radius 3 is 1.50 bits per heavy atom. The summed E-state index contributed by atoms with van der Waals surface area (Å²) in [5.41, 5.74) is 0.643. The van der Waals surface area contributed by atoms with Crippen molar-refractivity contribution in [2.75, 3.05) is 0 Å². The lowest BCUT2D eigenvalue weighted by atomic mass is 10.00. The molecule has 104 valence electrons. The highest BCUT2D eigenvalue weighted by Crippen LogP contribution is 2.17. The van der Waals surface area contributed by atoms with E-state index in [1.165, 1.54) is 51.4 Å². The van der Waals surface area contributed by atoms with Crippen LogP contribution >= 0.6 is 0 Å². The van der Waals surface area contributed by atoms with Gasteiger partial charge in [-0.2, -0.15) is 0 Å². The molecule has 0 aliphatic heterocycles. The number of Topliss-reactive ketones (excluding diaryl/α,β-unsaturated/α-hetero) is 1. The Hall–Kier alpha value is -0.790. The molecule has 0 heterocycles. The number of aliphatic hydroxyl groups is 1. The molecule has 1 rings (SSSR count). The molecule has 0 aromatic heterocycles. The standard InChI is InChI=1S/C16H28O2/c17-14-15-12-10-8-6-4-2-1-3-5-7-9-11-13-16(15)18/h14,17H,1-13H2. The maximum Gasteiger partial charge on any atom is 0.161 e. The third kappa shape index (κ3) is 6.83. The van der Waals surface area contributed by atoms with Gasteiger partial charge in [0, 0.05) is 12.0 Å². The lowest BCUT2D eigenvalue weighted by Gasteiger charge is -2.05. The average molecular weight is 252 g/mol. The summed E-state index contributed by atoms with van der Waals surface area (Å²) in [5, 5.41) is 9.13. The van der Waals surface area contributed by atoms with Crippen molar-refractivity contribution in [3.63, 3.8) is 0 Å². The van der Waals surface area contributed by atoms with Crippen LogP contribution in [0.5, 0.6) is 0 Å². The van der Waals surface area contributed by atoms with Crippen LogP contribution in [0.4, 0.5) is 0 Å². The van der Waals surface area contributed by atoms with Crippen LogP contribution in [0, 0.1) is 0 Å². The minimum Gasteiger partial charge on any atom is -0.515 e. The summed E-state index contributed by atoms with van der Waals surface area (Å²) in [6, 6.07) is 0. The second kappa shape index (κ2) is 10.2. The van der Waals surface area contributed by atoms with Gasteiger partial charge in [-0.15, -0.1) is 0 Å². The molecule has 0 saturated heterocycles. The number of carbonyl (C=O) groups is 1. The number of rotatable bonds is 0. The molecule has 1 aliphatic rings. The number of hydrogen-bond acceptors (Lipinski definition) is 2. The van der Waals surface area contributed by atoms with E-state index in [1.54, 1.807) is 0 Å². The van der Waals surface area contributed by atoms with Crippen LogP contribution in [0.15, 0.2) is 11.8 Å². The van der Waals surface area contributed by atoms with Gasteiger partial charge >= 0.3 is 0 Å². The fraction of sp³-hybridized carbons (Fsp3) is 0.812. The van der Waals surface area contributed by atoms with E-state index in [1.807, 2.05) is 0 Å². The van der Waals surface area contributed by atoms with E-state index in [4.69, 9.17) is 5.11 Å². The predicted octanol–water partition coefficient (Wildman–Crippen LogP) is 5.08. The highest BCUT2D eigenvalue weighted by molar-refractivity contribution is 5.94. The maximum absolute atomic E-state index is 11.9. The van der Waals surface area contributed by atoms with Crippen molar-refractivity contribution in [3.8, 4) is 0 Å². The van der Waals surface area contributed by atoms with E-state index in [2.05, 4.69) is 0 Å². The Morgan fingerprint density at radius 1 is 0.667 bits per heavy atom. The van der Waals surface area contributed by atoms with Crippen LogP contribution in [0.1, 0.15) is 83.5 Å². The molecule has 0 spiro atoms. The van der Waals surface area contributed by atoms with Crippen molar-refractivity contribution in [3.05, 3.63) is 11.8 Å². The average Bonchev–Trinajstić information content (AvgIpc) is 2.39. The van der Waals surface area contributed by atoms with Crippen molar-refractivity contribution in [2.45, 2.75) is 83.5 Å². The zero-order valence-electron chi connectivity index (χ0n) is 11.6. The summed E-state index contributed by atoms with van der Waals surface area (Å²) in [6.07, 6.45) is 16.0. The fourth-order valence-corrected chi connectivity index (χ4v) is 2.63. The first-order valence-corrected chi connectivity index (χ1v) is 7.71. The zero-order valence-corrected chi connectivity index (χ0v) is 11.6. The molecule has 0 aromatic rings. The van der Waals surface area contributed by atoms with Crippen LogP contribution in [0.3, 0.4) is 0 Å². The lowest BCUT2D eigenvalue weighted by molar-refractivity contribution is -0.115. The summed E-state index contributed by atoms with van der Waals surface area (Å²) in [6.45, 7) is 0. The lowest BCUT2D eigenvalue weighted by Crippen LogP contribution is -2.03. The maximum atomic E-state index is 11.9. The van der Waals surface area contributed by atoms with Crippen LogP contribution in [-0.4, -0.2) is 10.9 Å². The van der Waals surface area contributed by atoms with Gasteiger partial charge in [-0.1, -0.05) is 57.8 Å². The number of hydrogen-bond donors (Lipinski definition) is 1. The highest BCUT2D eigenvalue weighted by atomic mass is 16.2. The molecular formula is C16H28O2. The van der Waals surface area contributed by atoms with Gasteiger partial charge in [-0.3, -0.25) is 4.79 Å². The summed E-state index contributed by atoms with van der Waals surface area (Å²) in [4.78, 5) is 11.9. The topological polar surface area (TPSA) is 37.3 Å². The molecule has 2 heteroatoms. The Balaban J connectivity index is 2.36. The monoisotopic (exact) mass is 252 g/mol. The Labute approximate surface area is 111 Å². The van der Waals surface area contributed by atoms with Crippen molar-refractivity contribution >= 4 is 5.78 Å². The van der Waals surface area contributed by atoms with E-state index < -0.39 is 0 Å². The molecular weight excluding hydrogens is 224 g/mol. The SMILES string of the molecule is O=C1CCCCCCCCCCCCCC1=CO. The molecule has 1 N–H and O–H groups in total. The van der Waals surface area contributed by atoms with Crippen molar-refractivity contribution in [1.82, 2.24) is 0 Å². The van der Waals surface area contributed by atoms with Crippen LogP contribution in [-0.2, 0) is 4.79 Å². The van der Waals surface area contributed by atoms with Gasteiger partial charge in [0.1, 0.15) is 0 Å². The number of allylic oxidation sites excluding steroid dienone is 1. The van der Waals surface area contributed by atoms with Crippen LogP contribution in [0.2, 0.25) is 0 Å². The molecule has 1 fully saturated rings. The van der Waals surface area contributed by atoms with Gasteiger partial charge in [0.2, 0.25) is 0 Å². The molecule has 0 atom stereocenters. The molecule has 0 aromatic carbocycles. The Bertz CT molecular complexity index is 256. The van der Waals surface area contributed by atoms with E-state index in [0.717, 1.165) is 31.9 Å². The van der Waals surface area contributed by atoms with E-state index in [-0.39, 0.29) is 5.78 Å². The first-order valence-electron chi connectivity index (χ1n) is 7.71. The van der Waals surface area contributed by atoms with Crippen molar-refractivity contribution < 1.29 is 9.90 Å². The largest absolute Gasteiger partial charge is 0.515 e. The zero-order chi connectivity index (χ0) is 13.1. The number of aliphatic hydroxyl groups excluding tert-OH is 1. The van der Waals surface area contributed by atoms with E-state index >= 15 is 0 Å². The molecule has 0 bridgehead atoms. The quantitative estimate of drug-likeness (QED) is 0.482. The molecule has 0 unspecified atom stereocenters. The summed E-state index contributed by atoms with van der Waals surface area (Å²) in [5.74, 6) is 0.160. The highest BCUT2D eigenvalue weighted by Gasteiger charge is 2.09. The Kier molecular flexibility index (Phi) is 8.62.